The molecule has 2 aliphatic rings. The zero-order chi connectivity index (χ0) is 17.2. The highest BCUT2D eigenvalue weighted by molar-refractivity contribution is 5.99. The lowest BCUT2D eigenvalue weighted by Gasteiger charge is -2.17. The summed E-state index contributed by atoms with van der Waals surface area (Å²) in [5, 5.41) is 4.07. The molecule has 2 aromatic rings. The van der Waals surface area contributed by atoms with Crippen LogP contribution < -0.4 is 4.90 Å². The predicted molar refractivity (Wildman–Crippen MR) is 92.1 cm³/mol. The third-order valence-corrected chi connectivity index (χ3v) is 4.98. The fraction of sp³-hybridized carbons (Fsp3) is 0.421. The largest absolute Gasteiger partial charge is 0.463 e. The van der Waals surface area contributed by atoms with Gasteiger partial charge in [-0.05, 0) is 48.6 Å². The number of carbonyl (C=O) groups is 2. The van der Waals surface area contributed by atoms with Crippen LogP contribution in [-0.4, -0.2) is 34.8 Å². The maximum Gasteiger partial charge on any atom is 0.311 e. The molecule has 1 fully saturated rings. The fourth-order valence-corrected chi connectivity index (χ4v) is 3.63. The second kappa shape index (κ2) is 6.70. The van der Waals surface area contributed by atoms with Crippen LogP contribution in [0.2, 0.25) is 0 Å². The van der Waals surface area contributed by atoms with E-state index in [4.69, 9.17) is 4.74 Å². The standard InChI is InChI=1S/C19H21N3O3/c23-18-12-16(19(24)25-10-9-21-8-2-7-20-21)13-22(18)17-6-5-14-3-1-4-15(14)11-17/h2,5-8,11,16H,1,3-4,9-10,12-13H2/t16-/m0/s1. The Morgan fingerprint density at radius 2 is 2.16 bits per heavy atom. The van der Waals surface area contributed by atoms with E-state index >= 15 is 0 Å². The molecule has 0 bridgehead atoms. The smallest absolute Gasteiger partial charge is 0.311 e. The lowest BCUT2D eigenvalue weighted by molar-refractivity contribution is -0.148. The first kappa shape index (κ1) is 15.9. The van der Waals surface area contributed by atoms with Gasteiger partial charge in [0, 0.05) is 31.0 Å². The number of nitrogens with zero attached hydrogens (tertiary/aromatic N) is 3. The minimum atomic E-state index is -0.390. The van der Waals surface area contributed by atoms with Crippen molar-refractivity contribution in [1.29, 1.82) is 0 Å². The summed E-state index contributed by atoms with van der Waals surface area (Å²) in [6, 6.07) is 8.03. The Bertz CT molecular complexity index is 785. The van der Waals surface area contributed by atoms with Crippen molar-refractivity contribution in [1.82, 2.24) is 9.78 Å². The summed E-state index contributed by atoms with van der Waals surface area (Å²) < 4.78 is 7.04. The second-order valence-electron chi connectivity index (χ2n) is 6.65. The third kappa shape index (κ3) is 3.29. The van der Waals surface area contributed by atoms with Gasteiger partial charge in [0.25, 0.3) is 0 Å². The highest BCUT2D eigenvalue weighted by atomic mass is 16.5. The van der Waals surface area contributed by atoms with Gasteiger partial charge >= 0.3 is 5.97 Å². The lowest BCUT2D eigenvalue weighted by atomic mass is 10.1. The topological polar surface area (TPSA) is 64.4 Å². The zero-order valence-corrected chi connectivity index (χ0v) is 14.1. The second-order valence-corrected chi connectivity index (χ2v) is 6.65. The molecule has 1 aliphatic carbocycles. The first-order valence-corrected chi connectivity index (χ1v) is 8.77. The number of aryl methyl sites for hydroxylation is 2. The quantitative estimate of drug-likeness (QED) is 0.781. The lowest BCUT2D eigenvalue weighted by Crippen LogP contribution is -2.27. The van der Waals surface area contributed by atoms with Crippen LogP contribution in [0.15, 0.2) is 36.7 Å². The highest BCUT2D eigenvalue weighted by Gasteiger charge is 2.36. The van der Waals surface area contributed by atoms with E-state index in [9.17, 15) is 9.59 Å². The van der Waals surface area contributed by atoms with Crippen LogP contribution in [-0.2, 0) is 33.7 Å². The number of anilines is 1. The maximum absolute atomic E-state index is 12.4. The highest BCUT2D eigenvalue weighted by Crippen LogP contribution is 2.30. The molecule has 0 N–H and O–H groups in total. The number of rotatable bonds is 5. The van der Waals surface area contributed by atoms with E-state index in [1.165, 1.54) is 17.5 Å². The summed E-state index contributed by atoms with van der Waals surface area (Å²) in [4.78, 5) is 26.3. The van der Waals surface area contributed by atoms with Gasteiger partial charge in [-0.1, -0.05) is 6.07 Å². The van der Waals surface area contributed by atoms with E-state index in [1.54, 1.807) is 15.8 Å². The molecule has 1 amide bonds. The molecule has 1 aromatic heterocycles. The molecule has 0 saturated carbocycles. The third-order valence-electron chi connectivity index (χ3n) is 4.98. The number of aromatic nitrogens is 2. The molecule has 0 unspecified atom stereocenters. The molecule has 6 nitrogen and oxygen atoms in total. The molecule has 25 heavy (non-hydrogen) atoms. The van der Waals surface area contributed by atoms with E-state index in [0.717, 1.165) is 18.5 Å². The van der Waals surface area contributed by atoms with E-state index in [-0.39, 0.29) is 24.9 Å². The first-order chi connectivity index (χ1) is 12.2. The number of hydrogen-bond donors (Lipinski definition) is 0. The maximum atomic E-state index is 12.4. The van der Waals surface area contributed by atoms with Crippen molar-refractivity contribution in [3.05, 3.63) is 47.8 Å². The van der Waals surface area contributed by atoms with Crippen LogP contribution in [0.5, 0.6) is 0 Å². The van der Waals surface area contributed by atoms with Crippen molar-refractivity contribution in [2.75, 3.05) is 18.1 Å². The SMILES string of the molecule is O=C(OCCn1cccn1)[C@H]1CC(=O)N(c2ccc3c(c2)CCC3)C1. The van der Waals surface area contributed by atoms with Gasteiger partial charge in [0.15, 0.2) is 0 Å². The van der Waals surface area contributed by atoms with Gasteiger partial charge in [0.1, 0.15) is 6.61 Å². The first-order valence-electron chi connectivity index (χ1n) is 8.77. The van der Waals surface area contributed by atoms with Gasteiger partial charge in [-0.25, -0.2) is 0 Å². The summed E-state index contributed by atoms with van der Waals surface area (Å²) in [7, 11) is 0. The normalized spacial score (nSPS) is 19.3. The summed E-state index contributed by atoms with van der Waals surface area (Å²) in [5.74, 6) is -0.700. The average molecular weight is 339 g/mol. The number of hydrogen-bond acceptors (Lipinski definition) is 4. The van der Waals surface area contributed by atoms with Gasteiger partial charge in [0.05, 0.1) is 12.5 Å². The number of benzene rings is 1. The minimum Gasteiger partial charge on any atom is -0.463 e. The molecule has 0 radical (unpaired) electrons. The van der Waals surface area contributed by atoms with Gasteiger partial charge in [-0.2, -0.15) is 5.10 Å². The van der Waals surface area contributed by atoms with Crippen LogP contribution in [0.25, 0.3) is 0 Å². The summed E-state index contributed by atoms with van der Waals surface area (Å²) in [5.41, 5.74) is 3.61. The molecule has 1 aliphatic heterocycles. The predicted octanol–water partition coefficient (Wildman–Crippen LogP) is 1.97. The average Bonchev–Trinajstić information content (AvgIpc) is 3.34. The van der Waals surface area contributed by atoms with Crippen molar-refractivity contribution < 1.29 is 14.3 Å². The van der Waals surface area contributed by atoms with Gasteiger partial charge in [0.2, 0.25) is 5.91 Å². The Morgan fingerprint density at radius 3 is 3.00 bits per heavy atom. The van der Waals surface area contributed by atoms with E-state index in [2.05, 4.69) is 17.2 Å². The summed E-state index contributed by atoms with van der Waals surface area (Å²) >= 11 is 0. The Hall–Kier alpha value is -2.63. The molecule has 130 valence electrons. The molecule has 1 saturated heterocycles. The van der Waals surface area contributed by atoms with E-state index in [0.29, 0.717) is 13.1 Å². The van der Waals surface area contributed by atoms with Gasteiger partial charge < -0.3 is 9.64 Å². The molecule has 1 aromatic carbocycles. The fourth-order valence-electron chi connectivity index (χ4n) is 3.63. The van der Waals surface area contributed by atoms with Gasteiger partial charge in [-0.3, -0.25) is 14.3 Å². The molecule has 0 spiro atoms. The Kier molecular flexibility index (Phi) is 4.26. The number of amides is 1. The number of ether oxygens (including phenoxy) is 1. The summed E-state index contributed by atoms with van der Waals surface area (Å²) in [6.45, 7) is 1.19. The zero-order valence-electron chi connectivity index (χ0n) is 14.1. The monoisotopic (exact) mass is 339 g/mol. The minimum absolute atomic E-state index is 0.00743. The Balaban J connectivity index is 1.35. The molecular weight excluding hydrogens is 318 g/mol. The van der Waals surface area contributed by atoms with Gasteiger partial charge in [-0.15, -0.1) is 0 Å². The van der Waals surface area contributed by atoms with E-state index < -0.39 is 5.92 Å². The van der Waals surface area contributed by atoms with Crippen molar-refractivity contribution in [3.8, 4) is 0 Å². The van der Waals surface area contributed by atoms with E-state index in [1.807, 2.05) is 18.3 Å². The van der Waals surface area contributed by atoms with Crippen molar-refractivity contribution in [2.24, 2.45) is 5.92 Å². The van der Waals surface area contributed by atoms with Crippen molar-refractivity contribution >= 4 is 17.6 Å². The molecule has 1 atom stereocenters. The molecule has 2 heterocycles. The van der Waals surface area contributed by atoms with Crippen LogP contribution in [0.4, 0.5) is 5.69 Å². The number of carbonyl (C=O) groups excluding carboxylic acids is 2. The number of esters is 1. The Labute approximate surface area is 146 Å². The van der Waals surface area contributed by atoms with Crippen LogP contribution in [0.3, 0.4) is 0 Å². The summed E-state index contributed by atoms with van der Waals surface area (Å²) in [6.07, 6.45) is 7.10. The molecular formula is C19H21N3O3. The molecule has 6 heteroatoms. The van der Waals surface area contributed by atoms with Crippen LogP contribution in [0, 0.1) is 5.92 Å². The molecule has 4 rings (SSSR count). The van der Waals surface area contributed by atoms with Crippen molar-refractivity contribution in [3.63, 3.8) is 0 Å². The van der Waals surface area contributed by atoms with Crippen LogP contribution in [0.1, 0.15) is 24.0 Å². The number of fused-ring (bicyclic) bond motifs is 1. The Morgan fingerprint density at radius 1 is 1.28 bits per heavy atom. The van der Waals surface area contributed by atoms with Crippen LogP contribution >= 0.6 is 0 Å². The van der Waals surface area contributed by atoms with Crippen molar-refractivity contribution in [2.45, 2.75) is 32.2 Å².